The van der Waals surface area contributed by atoms with E-state index < -0.39 is 5.97 Å². The van der Waals surface area contributed by atoms with E-state index >= 15 is 0 Å². The maximum atomic E-state index is 11.9. The van der Waals surface area contributed by atoms with Crippen LogP contribution in [0.15, 0.2) is 10.5 Å². The van der Waals surface area contributed by atoms with Crippen molar-refractivity contribution < 1.29 is 19.1 Å². The molecule has 1 saturated carbocycles. The van der Waals surface area contributed by atoms with Crippen LogP contribution in [-0.4, -0.2) is 23.5 Å². The summed E-state index contributed by atoms with van der Waals surface area (Å²) in [4.78, 5) is 23.0. The van der Waals surface area contributed by atoms with Crippen LogP contribution in [0.2, 0.25) is 0 Å². The molecule has 0 spiro atoms. The zero-order valence-corrected chi connectivity index (χ0v) is 12.5. The van der Waals surface area contributed by atoms with Crippen LogP contribution in [0.25, 0.3) is 0 Å². The summed E-state index contributed by atoms with van der Waals surface area (Å²) in [6, 6.07) is 1.31. The van der Waals surface area contributed by atoms with E-state index in [0.29, 0.717) is 18.7 Å². The number of carbonyl (C=O) groups excluding carboxylic acids is 1. The molecule has 1 amide bonds. The molecule has 21 heavy (non-hydrogen) atoms. The van der Waals surface area contributed by atoms with Gasteiger partial charge in [0.05, 0.1) is 0 Å². The van der Waals surface area contributed by atoms with Crippen molar-refractivity contribution in [3.05, 3.63) is 23.2 Å². The lowest BCUT2D eigenvalue weighted by molar-refractivity contribution is 0.0694. The Morgan fingerprint density at radius 3 is 2.67 bits per heavy atom. The largest absolute Gasteiger partial charge is 0.478 e. The number of carboxylic acid groups (broad SMARTS) is 1. The molecule has 0 bridgehead atoms. The third-order valence-corrected chi connectivity index (χ3v) is 4.13. The van der Waals surface area contributed by atoms with Gasteiger partial charge in [-0.05, 0) is 18.8 Å². The summed E-state index contributed by atoms with van der Waals surface area (Å²) in [5.41, 5.74) is 0.0774. The molecule has 1 aliphatic rings. The van der Waals surface area contributed by atoms with Crippen LogP contribution in [0, 0.1) is 5.92 Å². The topological polar surface area (TPSA) is 79.5 Å². The minimum Gasteiger partial charge on any atom is -0.478 e. The van der Waals surface area contributed by atoms with Crippen molar-refractivity contribution in [3.8, 4) is 0 Å². The highest BCUT2D eigenvalue weighted by Gasteiger charge is 2.20. The van der Waals surface area contributed by atoms with Crippen molar-refractivity contribution in [1.82, 2.24) is 5.32 Å². The number of hydrogen-bond donors (Lipinski definition) is 2. The van der Waals surface area contributed by atoms with E-state index in [2.05, 4.69) is 5.32 Å². The average Bonchev–Trinajstić information content (AvgIpc) is 3.12. The molecule has 1 aromatic heterocycles. The van der Waals surface area contributed by atoms with E-state index in [1.54, 1.807) is 6.92 Å². The molecule has 0 saturated heterocycles. The van der Waals surface area contributed by atoms with E-state index in [0.717, 1.165) is 18.8 Å². The Kier molecular flexibility index (Phi) is 5.42. The number of aromatic carboxylic acids is 1. The van der Waals surface area contributed by atoms with Gasteiger partial charge in [0.2, 0.25) is 0 Å². The third-order valence-electron chi connectivity index (χ3n) is 4.13. The van der Waals surface area contributed by atoms with Gasteiger partial charge in [-0.15, -0.1) is 0 Å². The Hall–Kier alpha value is -1.78. The number of aryl methyl sites for hydroxylation is 1. The van der Waals surface area contributed by atoms with Crippen molar-refractivity contribution in [2.75, 3.05) is 6.54 Å². The fraction of sp³-hybridized carbons (Fsp3) is 0.625. The van der Waals surface area contributed by atoms with Gasteiger partial charge in [0.1, 0.15) is 11.3 Å². The fourth-order valence-electron chi connectivity index (χ4n) is 2.96. The van der Waals surface area contributed by atoms with Crippen molar-refractivity contribution in [1.29, 1.82) is 0 Å². The van der Waals surface area contributed by atoms with E-state index in [-0.39, 0.29) is 17.2 Å². The Morgan fingerprint density at radius 2 is 2.10 bits per heavy atom. The van der Waals surface area contributed by atoms with E-state index in [1.165, 1.54) is 31.7 Å². The van der Waals surface area contributed by atoms with Crippen molar-refractivity contribution in [2.45, 2.75) is 51.9 Å². The maximum Gasteiger partial charge on any atom is 0.339 e. The molecule has 116 valence electrons. The van der Waals surface area contributed by atoms with Gasteiger partial charge >= 0.3 is 5.97 Å². The summed E-state index contributed by atoms with van der Waals surface area (Å²) in [7, 11) is 0. The summed E-state index contributed by atoms with van der Waals surface area (Å²) in [5, 5.41) is 11.8. The first-order chi connectivity index (χ1) is 10.1. The molecule has 0 aromatic carbocycles. The number of rotatable bonds is 7. The number of furan rings is 1. The highest BCUT2D eigenvalue weighted by Crippen LogP contribution is 2.28. The second-order valence-electron chi connectivity index (χ2n) is 5.65. The van der Waals surface area contributed by atoms with Crippen LogP contribution in [0.3, 0.4) is 0 Å². The molecule has 1 aliphatic carbocycles. The van der Waals surface area contributed by atoms with E-state index in [4.69, 9.17) is 9.52 Å². The van der Waals surface area contributed by atoms with Gasteiger partial charge in [0.25, 0.3) is 5.91 Å². The lowest BCUT2D eigenvalue weighted by Gasteiger charge is -2.08. The maximum absolute atomic E-state index is 11.9. The second kappa shape index (κ2) is 7.29. The Balaban J connectivity index is 1.81. The number of amides is 1. The first-order valence-corrected chi connectivity index (χ1v) is 7.76. The molecule has 2 rings (SSSR count). The number of carbonyl (C=O) groups is 2. The Morgan fingerprint density at radius 1 is 1.38 bits per heavy atom. The van der Waals surface area contributed by atoms with Crippen LogP contribution >= 0.6 is 0 Å². The van der Waals surface area contributed by atoms with Crippen molar-refractivity contribution in [2.24, 2.45) is 5.92 Å². The number of hydrogen-bond acceptors (Lipinski definition) is 3. The summed E-state index contributed by atoms with van der Waals surface area (Å²) < 4.78 is 5.32. The predicted molar refractivity (Wildman–Crippen MR) is 78.6 cm³/mol. The SMILES string of the molecule is CCc1oc(C(=O)NCCCC2CCCC2)cc1C(=O)O. The molecular weight excluding hydrogens is 270 g/mol. The quantitative estimate of drug-likeness (QED) is 0.756. The summed E-state index contributed by atoms with van der Waals surface area (Å²) in [6.45, 7) is 2.41. The monoisotopic (exact) mass is 293 g/mol. The lowest BCUT2D eigenvalue weighted by atomic mass is 10.0. The van der Waals surface area contributed by atoms with Gasteiger partial charge < -0.3 is 14.8 Å². The molecule has 0 radical (unpaired) electrons. The van der Waals surface area contributed by atoms with Crippen LogP contribution < -0.4 is 5.32 Å². The first kappa shape index (κ1) is 15.6. The highest BCUT2D eigenvalue weighted by atomic mass is 16.4. The number of carboxylic acids is 1. The van der Waals surface area contributed by atoms with Crippen LogP contribution in [0.4, 0.5) is 0 Å². The second-order valence-corrected chi connectivity index (χ2v) is 5.65. The van der Waals surface area contributed by atoms with E-state index in [1.807, 2.05) is 0 Å². The smallest absolute Gasteiger partial charge is 0.339 e. The number of nitrogens with one attached hydrogen (secondary N) is 1. The normalized spacial score (nSPS) is 15.3. The van der Waals surface area contributed by atoms with Gasteiger partial charge in [-0.2, -0.15) is 0 Å². The van der Waals surface area contributed by atoms with Crippen LogP contribution in [0.1, 0.15) is 72.1 Å². The van der Waals surface area contributed by atoms with Crippen molar-refractivity contribution >= 4 is 11.9 Å². The summed E-state index contributed by atoms with van der Waals surface area (Å²) in [6.07, 6.45) is 7.86. The molecule has 1 heterocycles. The predicted octanol–water partition coefficient (Wildman–Crippen LogP) is 3.24. The fourth-order valence-corrected chi connectivity index (χ4v) is 2.96. The molecule has 2 N–H and O–H groups in total. The summed E-state index contributed by atoms with van der Waals surface area (Å²) in [5.74, 6) is -0.140. The lowest BCUT2D eigenvalue weighted by Crippen LogP contribution is -2.24. The van der Waals surface area contributed by atoms with Gasteiger partial charge in [0, 0.05) is 19.0 Å². The molecular formula is C16H23NO4. The van der Waals surface area contributed by atoms with Gasteiger partial charge in [0.15, 0.2) is 5.76 Å². The zero-order valence-electron chi connectivity index (χ0n) is 12.5. The molecule has 1 aromatic rings. The van der Waals surface area contributed by atoms with Crippen molar-refractivity contribution in [3.63, 3.8) is 0 Å². The molecule has 1 fully saturated rings. The molecule has 0 atom stereocenters. The summed E-state index contributed by atoms with van der Waals surface area (Å²) >= 11 is 0. The zero-order chi connectivity index (χ0) is 15.2. The van der Waals surface area contributed by atoms with E-state index in [9.17, 15) is 9.59 Å². The minimum atomic E-state index is -1.06. The standard InChI is InChI=1S/C16H23NO4/c1-2-13-12(16(19)20)10-14(21-13)15(18)17-9-5-8-11-6-3-4-7-11/h10-11H,2-9H2,1H3,(H,17,18)(H,19,20). The van der Waals surface area contributed by atoms with Gasteiger partial charge in [-0.25, -0.2) is 4.79 Å². The molecule has 0 unspecified atom stereocenters. The highest BCUT2D eigenvalue weighted by molar-refractivity contribution is 5.96. The van der Waals surface area contributed by atoms with Crippen LogP contribution in [-0.2, 0) is 6.42 Å². The first-order valence-electron chi connectivity index (χ1n) is 7.76. The third kappa shape index (κ3) is 4.09. The molecule has 5 nitrogen and oxygen atoms in total. The minimum absolute atomic E-state index is 0.0774. The van der Waals surface area contributed by atoms with Gasteiger partial charge in [-0.1, -0.05) is 32.6 Å². The Bertz CT molecular complexity index is 500. The average molecular weight is 293 g/mol. The van der Waals surface area contributed by atoms with Gasteiger partial charge in [-0.3, -0.25) is 4.79 Å². The Labute approximate surface area is 124 Å². The van der Waals surface area contributed by atoms with Crippen LogP contribution in [0.5, 0.6) is 0 Å². The molecule has 0 aliphatic heterocycles. The molecule has 5 heteroatoms.